The van der Waals surface area contributed by atoms with E-state index >= 15 is 0 Å². The predicted molar refractivity (Wildman–Crippen MR) is 71.2 cm³/mol. The van der Waals surface area contributed by atoms with Crippen LogP contribution in [0.1, 0.15) is 37.0 Å². The van der Waals surface area contributed by atoms with Gasteiger partial charge in [0.05, 0.1) is 6.61 Å². The smallest absolute Gasteiger partial charge is 0.167 e. The topological polar surface area (TPSA) is 46.5 Å². The lowest BCUT2D eigenvalue weighted by Crippen LogP contribution is -2.03. The van der Waals surface area contributed by atoms with Gasteiger partial charge in [-0.25, -0.2) is 0 Å². The Kier molecular flexibility index (Phi) is 5.05. The van der Waals surface area contributed by atoms with Gasteiger partial charge in [0.15, 0.2) is 5.78 Å². The number of Topliss-reactive ketones (excluding diaryl/α,β-unsaturated/α-hetero) is 1. The summed E-state index contributed by atoms with van der Waals surface area (Å²) in [4.78, 5) is 11.4. The third kappa shape index (κ3) is 3.37. The molecule has 3 nitrogen and oxygen atoms in total. The first kappa shape index (κ1) is 13.3. The Morgan fingerprint density at radius 2 is 2.19 bits per heavy atom. The Hall–Kier alpha value is -0.780. The van der Waals surface area contributed by atoms with Gasteiger partial charge < -0.3 is 9.84 Å². The molecule has 0 saturated carbocycles. The van der Waals surface area contributed by atoms with Crippen molar-refractivity contribution in [3.8, 4) is 11.5 Å². The van der Waals surface area contributed by atoms with Gasteiger partial charge in [-0.15, -0.1) is 0 Å². The van der Waals surface area contributed by atoms with Gasteiger partial charge in [0.1, 0.15) is 17.1 Å². The van der Waals surface area contributed by atoms with Crippen LogP contribution in [0.5, 0.6) is 11.5 Å². The Bertz CT molecular complexity index is 388. The molecule has 1 rings (SSSR count). The van der Waals surface area contributed by atoms with E-state index < -0.39 is 0 Å². The highest BCUT2D eigenvalue weighted by molar-refractivity contribution is 14.1. The molecule has 1 aromatic carbocycles. The fourth-order valence-corrected chi connectivity index (χ4v) is 1.94. The fraction of sp³-hybridized carbons (Fsp3) is 0.417. The molecule has 0 saturated heterocycles. The molecule has 0 bridgehead atoms. The first-order chi connectivity index (χ1) is 7.56. The van der Waals surface area contributed by atoms with Gasteiger partial charge in [-0.1, -0.05) is 13.3 Å². The average molecular weight is 334 g/mol. The number of ketones is 1. The molecule has 1 aromatic rings. The van der Waals surface area contributed by atoms with Gasteiger partial charge in [-0.3, -0.25) is 4.79 Å². The number of phenols is 1. The van der Waals surface area contributed by atoms with E-state index in [1.807, 2.05) is 0 Å². The van der Waals surface area contributed by atoms with Crippen molar-refractivity contribution in [1.82, 2.24) is 0 Å². The van der Waals surface area contributed by atoms with E-state index in [1.54, 1.807) is 12.1 Å². The summed E-state index contributed by atoms with van der Waals surface area (Å²) in [6.45, 7) is 4.06. The molecule has 0 aliphatic carbocycles. The fourth-order valence-electron chi connectivity index (χ4n) is 1.36. The molecule has 0 aromatic heterocycles. The number of aromatic hydroxyl groups is 1. The van der Waals surface area contributed by atoms with Gasteiger partial charge in [-0.2, -0.15) is 0 Å². The van der Waals surface area contributed by atoms with E-state index in [4.69, 9.17) is 4.74 Å². The van der Waals surface area contributed by atoms with Crippen molar-refractivity contribution in [2.45, 2.75) is 26.7 Å². The van der Waals surface area contributed by atoms with Crippen LogP contribution < -0.4 is 4.74 Å². The number of halogens is 1. The molecule has 16 heavy (non-hydrogen) atoms. The molecule has 0 radical (unpaired) electrons. The lowest BCUT2D eigenvalue weighted by Gasteiger charge is -2.11. The zero-order chi connectivity index (χ0) is 12.1. The molecule has 0 atom stereocenters. The van der Waals surface area contributed by atoms with Crippen molar-refractivity contribution in [3.05, 3.63) is 21.3 Å². The Morgan fingerprint density at radius 3 is 2.75 bits per heavy atom. The minimum absolute atomic E-state index is 0.00843. The van der Waals surface area contributed by atoms with Gasteiger partial charge in [0.25, 0.3) is 0 Å². The van der Waals surface area contributed by atoms with Crippen LogP contribution in [-0.2, 0) is 0 Å². The van der Waals surface area contributed by atoms with Crippen LogP contribution in [0.25, 0.3) is 0 Å². The second-order valence-corrected chi connectivity index (χ2v) is 4.80. The van der Waals surface area contributed by atoms with Crippen LogP contribution in [0.3, 0.4) is 0 Å². The van der Waals surface area contributed by atoms with Gasteiger partial charge in [0.2, 0.25) is 0 Å². The number of unbranched alkanes of at least 4 members (excludes halogenated alkanes) is 1. The first-order valence-electron chi connectivity index (χ1n) is 5.22. The largest absolute Gasteiger partial charge is 0.507 e. The van der Waals surface area contributed by atoms with E-state index in [0.29, 0.717) is 12.4 Å². The molecule has 0 unspecified atom stereocenters. The van der Waals surface area contributed by atoms with Crippen LogP contribution in [0.15, 0.2) is 12.1 Å². The zero-order valence-corrected chi connectivity index (χ0v) is 11.6. The number of rotatable bonds is 5. The molecule has 0 aliphatic rings. The number of carbonyl (C=O) groups is 1. The Labute approximate surface area is 109 Å². The zero-order valence-electron chi connectivity index (χ0n) is 9.42. The van der Waals surface area contributed by atoms with E-state index in [9.17, 15) is 9.90 Å². The summed E-state index contributed by atoms with van der Waals surface area (Å²) in [6.07, 6.45) is 1.97. The third-order valence-corrected chi connectivity index (χ3v) is 2.78. The van der Waals surface area contributed by atoms with Gasteiger partial charge in [-0.05, 0) is 48.1 Å². The van der Waals surface area contributed by atoms with Crippen molar-refractivity contribution in [2.24, 2.45) is 0 Å². The summed E-state index contributed by atoms with van der Waals surface area (Å²) in [5, 5.41) is 9.69. The Balaban J connectivity index is 2.99. The highest BCUT2D eigenvalue weighted by Gasteiger charge is 2.15. The first-order valence-corrected chi connectivity index (χ1v) is 6.30. The number of hydrogen-bond acceptors (Lipinski definition) is 3. The average Bonchev–Trinajstić information content (AvgIpc) is 2.16. The normalized spacial score (nSPS) is 10.2. The van der Waals surface area contributed by atoms with Crippen LogP contribution in [-0.4, -0.2) is 17.5 Å². The van der Waals surface area contributed by atoms with E-state index in [2.05, 4.69) is 29.5 Å². The van der Waals surface area contributed by atoms with Crippen molar-refractivity contribution in [1.29, 1.82) is 0 Å². The SMILES string of the molecule is CCCCOc1cc(I)cc(O)c1C(C)=O. The van der Waals surface area contributed by atoms with Crippen molar-refractivity contribution in [2.75, 3.05) is 6.61 Å². The maximum absolute atomic E-state index is 11.4. The summed E-state index contributed by atoms with van der Waals surface area (Å²) in [5.74, 6) is 0.289. The molecule has 0 spiro atoms. The Morgan fingerprint density at radius 1 is 1.50 bits per heavy atom. The number of phenolic OH excluding ortho intramolecular Hbond substituents is 1. The lowest BCUT2D eigenvalue weighted by atomic mass is 10.1. The van der Waals surface area contributed by atoms with Crippen LogP contribution in [0.4, 0.5) is 0 Å². The van der Waals surface area contributed by atoms with E-state index in [1.165, 1.54) is 6.92 Å². The molecule has 88 valence electrons. The maximum Gasteiger partial charge on any atom is 0.167 e. The van der Waals surface area contributed by atoms with Gasteiger partial charge in [0, 0.05) is 3.57 Å². The van der Waals surface area contributed by atoms with Crippen molar-refractivity contribution < 1.29 is 14.6 Å². The highest BCUT2D eigenvalue weighted by Crippen LogP contribution is 2.31. The monoisotopic (exact) mass is 334 g/mol. The number of benzene rings is 1. The van der Waals surface area contributed by atoms with Crippen LogP contribution in [0, 0.1) is 3.57 Å². The van der Waals surface area contributed by atoms with Crippen LogP contribution >= 0.6 is 22.6 Å². The summed E-state index contributed by atoms with van der Waals surface area (Å²) in [5.41, 5.74) is 0.275. The summed E-state index contributed by atoms with van der Waals surface area (Å²) in [7, 11) is 0. The number of hydrogen-bond donors (Lipinski definition) is 1. The number of ether oxygens (including phenoxy) is 1. The second kappa shape index (κ2) is 6.08. The maximum atomic E-state index is 11.4. The molecule has 0 fully saturated rings. The van der Waals surface area contributed by atoms with Crippen molar-refractivity contribution >= 4 is 28.4 Å². The van der Waals surface area contributed by atoms with Crippen molar-refractivity contribution in [3.63, 3.8) is 0 Å². The number of carbonyl (C=O) groups excluding carboxylic acids is 1. The van der Waals surface area contributed by atoms with Gasteiger partial charge >= 0.3 is 0 Å². The summed E-state index contributed by atoms with van der Waals surface area (Å²) >= 11 is 2.08. The quantitative estimate of drug-likeness (QED) is 0.510. The molecule has 0 amide bonds. The third-order valence-electron chi connectivity index (χ3n) is 2.15. The lowest BCUT2D eigenvalue weighted by molar-refractivity contribution is 0.101. The minimum Gasteiger partial charge on any atom is -0.507 e. The molecule has 4 heteroatoms. The molecular formula is C12H15IO3. The summed E-state index contributed by atoms with van der Waals surface area (Å²) < 4.78 is 6.37. The molecule has 0 heterocycles. The highest BCUT2D eigenvalue weighted by atomic mass is 127. The standard InChI is InChI=1S/C12H15IO3/c1-3-4-5-16-11-7-9(13)6-10(15)12(11)8(2)14/h6-7,15H,3-5H2,1-2H3. The van der Waals surface area contributed by atoms with E-state index in [0.717, 1.165) is 16.4 Å². The van der Waals surface area contributed by atoms with Crippen LogP contribution in [0.2, 0.25) is 0 Å². The minimum atomic E-state index is -0.180. The molecule has 1 N–H and O–H groups in total. The van der Waals surface area contributed by atoms with E-state index in [-0.39, 0.29) is 17.1 Å². The molecule has 0 aliphatic heterocycles. The molecular weight excluding hydrogens is 319 g/mol. The second-order valence-electron chi connectivity index (χ2n) is 3.56. The predicted octanol–water partition coefficient (Wildman–Crippen LogP) is 3.38. The summed E-state index contributed by atoms with van der Waals surface area (Å²) in [6, 6.07) is 3.33.